The van der Waals surface area contributed by atoms with E-state index in [1.165, 1.54) is 32.1 Å². The minimum Gasteiger partial charge on any atom is -0.384 e. The van der Waals surface area contributed by atoms with Gasteiger partial charge in [0.2, 0.25) is 0 Å². The van der Waals surface area contributed by atoms with Gasteiger partial charge in [0.25, 0.3) is 0 Å². The fraction of sp³-hybridized carbons (Fsp3) is 0.688. The predicted octanol–water partition coefficient (Wildman–Crippen LogP) is 4.28. The highest BCUT2D eigenvalue weighted by molar-refractivity contribution is 5.54. The molecular weight excluding hydrogens is 234 g/mol. The minimum atomic E-state index is 0.545. The predicted molar refractivity (Wildman–Crippen MR) is 82.7 cm³/mol. The Labute approximate surface area is 117 Å². The number of anilines is 2. The summed E-state index contributed by atoms with van der Waals surface area (Å²) >= 11 is 0. The Bertz CT molecular complexity index is 372. The highest BCUT2D eigenvalue weighted by atomic mass is 14.9. The van der Waals surface area contributed by atoms with Gasteiger partial charge in [-0.1, -0.05) is 26.2 Å². The van der Waals surface area contributed by atoms with Crippen molar-refractivity contribution in [2.45, 2.75) is 58.4 Å². The molecule has 1 aliphatic rings. The van der Waals surface area contributed by atoms with Crippen molar-refractivity contribution in [3.05, 3.63) is 18.5 Å². The zero-order valence-electron chi connectivity index (χ0n) is 12.3. The Morgan fingerprint density at radius 2 is 1.95 bits per heavy atom. The molecule has 1 aromatic rings. The van der Waals surface area contributed by atoms with Gasteiger partial charge in [0, 0.05) is 12.6 Å². The number of hydrogen-bond donors (Lipinski definition) is 2. The smallest absolute Gasteiger partial charge is 0.0549 e. The Kier molecular flexibility index (Phi) is 5.49. The van der Waals surface area contributed by atoms with Gasteiger partial charge in [-0.15, -0.1) is 0 Å². The van der Waals surface area contributed by atoms with E-state index < -0.39 is 0 Å². The fourth-order valence-electron chi connectivity index (χ4n) is 2.90. The molecule has 19 heavy (non-hydrogen) atoms. The Balaban J connectivity index is 1.90. The van der Waals surface area contributed by atoms with Crippen molar-refractivity contribution < 1.29 is 0 Å². The first-order valence-corrected chi connectivity index (χ1v) is 7.75. The SMILES string of the molecule is CCCNc1cncc(NC(C)C2CCCCC2)c1. The van der Waals surface area contributed by atoms with Crippen LogP contribution in [0.25, 0.3) is 0 Å². The standard InChI is InChI=1S/C16H27N3/c1-3-9-18-15-10-16(12-17-11-15)19-13(2)14-7-5-4-6-8-14/h10-14,18-19H,3-9H2,1-2H3. The molecule has 0 aromatic carbocycles. The molecule has 1 saturated carbocycles. The summed E-state index contributed by atoms with van der Waals surface area (Å²) in [5, 5.41) is 7.01. The first-order valence-electron chi connectivity index (χ1n) is 7.75. The van der Waals surface area contributed by atoms with Crippen molar-refractivity contribution in [2.75, 3.05) is 17.2 Å². The van der Waals surface area contributed by atoms with Gasteiger partial charge in [-0.25, -0.2) is 0 Å². The minimum absolute atomic E-state index is 0.545. The maximum atomic E-state index is 4.31. The molecule has 1 unspecified atom stereocenters. The van der Waals surface area contributed by atoms with E-state index in [1.807, 2.05) is 12.4 Å². The summed E-state index contributed by atoms with van der Waals surface area (Å²) < 4.78 is 0. The van der Waals surface area contributed by atoms with Crippen molar-refractivity contribution in [1.29, 1.82) is 0 Å². The van der Waals surface area contributed by atoms with Crippen molar-refractivity contribution >= 4 is 11.4 Å². The lowest BCUT2D eigenvalue weighted by Gasteiger charge is -2.29. The highest BCUT2D eigenvalue weighted by Gasteiger charge is 2.19. The van der Waals surface area contributed by atoms with Crippen LogP contribution in [0.15, 0.2) is 18.5 Å². The lowest BCUT2D eigenvalue weighted by molar-refractivity contribution is 0.328. The van der Waals surface area contributed by atoms with Gasteiger partial charge in [-0.05, 0) is 38.2 Å². The number of hydrogen-bond acceptors (Lipinski definition) is 3. The van der Waals surface area contributed by atoms with Crippen LogP contribution in [0, 0.1) is 5.92 Å². The van der Waals surface area contributed by atoms with Crippen molar-refractivity contribution in [3.8, 4) is 0 Å². The highest BCUT2D eigenvalue weighted by Crippen LogP contribution is 2.28. The second kappa shape index (κ2) is 7.37. The lowest BCUT2D eigenvalue weighted by atomic mass is 9.84. The van der Waals surface area contributed by atoms with E-state index in [0.717, 1.165) is 30.3 Å². The third kappa shape index (κ3) is 4.41. The van der Waals surface area contributed by atoms with Gasteiger partial charge < -0.3 is 10.6 Å². The van der Waals surface area contributed by atoms with Crippen LogP contribution in [-0.4, -0.2) is 17.6 Å². The van der Waals surface area contributed by atoms with Crippen LogP contribution in [0.5, 0.6) is 0 Å². The van der Waals surface area contributed by atoms with Crippen LogP contribution in [0.1, 0.15) is 52.4 Å². The number of nitrogens with one attached hydrogen (secondary N) is 2. The average molecular weight is 261 g/mol. The molecule has 0 bridgehead atoms. The van der Waals surface area contributed by atoms with Crippen LogP contribution in [-0.2, 0) is 0 Å². The van der Waals surface area contributed by atoms with Gasteiger partial charge in [-0.2, -0.15) is 0 Å². The Morgan fingerprint density at radius 3 is 2.68 bits per heavy atom. The molecule has 1 aliphatic carbocycles. The van der Waals surface area contributed by atoms with Crippen LogP contribution in [0.4, 0.5) is 11.4 Å². The molecule has 0 aliphatic heterocycles. The van der Waals surface area contributed by atoms with E-state index in [2.05, 4.69) is 35.5 Å². The summed E-state index contributed by atoms with van der Waals surface area (Å²) in [5.74, 6) is 0.820. The van der Waals surface area contributed by atoms with E-state index in [-0.39, 0.29) is 0 Å². The fourth-order valence-corrected chi connectivity index (χ4v) is 2.90. The third-order valence-electron chi connectivity index (χ3n) is 4.07. The number of pyridine rings is 1. The van der Waals surface area contributed by atoms with Crippen molar-refractivity contribution in [1.82, 2.24) is 4.98 Å². The van der Waals surface area contributed by atoms with Gasteiger partial charge in [-0.3, -0.25) is 4.98 Å². The van der Waals surface area contributed by atoms with E-state index in [4.69, 9.17) is 0 Å². The molecule has 2 N–H and O–H groups in total. The zero-order chi connectivity index (χ0) is 13.5. The zero-order valence-corrected chi connectivity index (χ0v) is 12.3. The van der Waals surface area contributed by atoms with Gasteiger partial charge in [0.05, 0.1) is 23.8 Å². The molecule has 2 rings (SSSR count). The van der Waals surface area contributed by atoms with Crippen LogP contribution >= 0.6 is 0 Å². The molecule has 0 amide bonds. The van der Waals surface area contributed by atoms with E-state index >= 15 is 0 Å². The first-order chi connectivity index (χ1) is 9.29. The topological polar surface area (TPSA) is 37.0 Å². The molecule has 3 nitrogen and oxygen atoms in total. The van der Waals surface area contributed by atoms with Crippen LogP contribution < -0.4 is 10.6 Å². The van der Waals surface area contributed by atoms with Crippen molar-refractivity contribution in [2.24, 2.45) is 5.92 Å². The van der Waals surface area contributed by atoms with Crippen LogP contribution in [0.3, 0.4) is 0 Å². The second-order valence-corrected chi connectivity index (χ2v) is 5.72. The molecule has 106 valence electrons. The molecular formula is C16H27N3. The summed E-state index contributed by atoms with van der Waals surface area (Å²) in [6.07, 6.45) is 11.9. The molecule has 1 aromatic heterocycles. The Hall–Kier alpha value is -1.25. The normalized spacial score (nSPS) is 18.0. The van der Waals surface area contributed by atoms with E-state index in [0.29, 0.717) is 6.04 Å². The quantitative estimate of drug-likeness (QED) is 0.802. The summed E-state index contributed by atoms with van der Waals surface area (Å²) in [7, 11) is 0. The van der Waals surface area contributed by atoms with Crippen LogP contribution in [0.2, 0.25) is 0 Å². The summed E-state index contributed by atoms with van der Waals surface area (Å²) in [6, 6.07) is 2.71. The maximum absolute atomic E-state index is 4.31. The van der Waals surface area contributed by atoms with Crippen molar-refractivity contribution in [3.63, 3.8) is 0 Å². The number of nitrogens with zero attached hydrogens (tertiary/aromatic N) is 1. The third-order valence-corrected chi connectivity index (χ3v) is 4.07. The van der Waals surface area contributed by atoms with Gasteiger partial charge in [0.1, 0.15) is 0 Å². The molecule has 0 saturated heterocycles. The molecule has 1 heterocycles. The van der Waals surface area contributed by atoms with E-state index in [1.54, 1.807) is 0 Å². The number of aromatic nitrogens is 1. The molecule has 0 spiro atoms. The molecule has 1 fully saturated rings. The largest absolute Gasteiger partial charge is 0.384 e. The average Bonchev–Trinajstić information content (AvgIpc) is 2.46. The monoisotopic (exact) mass is 261 g/mol. The van der Waals surface area contributed by atoms with Gasteiger partial charge in [0.15, 0.2) is 0 Å². The maximum Gasteiger partial charge on any atom is 0.0549 e. The summed E-state index contributed by atoms with van der Waals surface area (Å²) in [5.41, 5.74) is 2.25. The summed E-state index contributed by atoms with van der Waals surface area (Å²) in [6.45, 7) is 5.49. The molecule has 0 radical (unpaired) electrons. The lowest BCUT2D eigenvalue weighted by Crippen LogP contribution is -2.27. The Morgan fingerprint density at radius 1 is 1.21 bits per heavy atom. The molecule has 3 heteroatoms. The second-order valence-electron chi connectivity index (χ2n) is 5.72. The first kappa shape index (κ1) is 14.2. The number of rotatable bonds is 6. The van der Waals surface area contributed by atoms with E-state index in [9.17, 15) is 0 Å². The molecule has 1 atom stereocenters. The van der Waals surface area contributed by atoms with Gasteiger partial charge >= 0.3 is 0 Å². The summed E-state index contributed by atoms with van der Waals surface area (Å²) in [4.78, 5) is 4.31.